The van der Waals surface area contributed by atoms with Crippen LogP contribution in [0.5, 0.6) is 0 Å². The van der Waals surface area contributed by atoms with Gasteiger partial charge in [-0.15, -0.1) is 0 Å². The third-order valence-corrected chi connectivity index (χ3v) is 3.23. The molecule has 2 N–H and O–H groups in total. The van der Waals surface area contributed by atoms with Crippen molar-refractivity contribution < 1.29 is 9.90 Å². The molecule has 0 saturated carbocycles. The summed E-state index contributed by atoms with van der Waals surface area (Å²) in [4.78, 5) is 10.9. The number of unbranched alkanes of at least 4 members (excludes halogenated alkanes) is 1. The number of nitrogens with one attached hydrogen (secondary N) is 1. The van der Waals surface area contributed by atoms with Gasteiger partial charge in [0.2, 0.25) is 0 Å². The van der Waals surface area contributed by atoms with E-state index in [4.69, 9.17) is 5.11 Å². The summed E-state index contributed by atoms with van der Waals surface area (Å²) < 4.78 is 1.61. The fourth-order valence-electron chi connectivity index (χ4n) is 1.55. The smallest absolute Gasteiger partial charge is 0.339 e. The Morgan fingerprint density at radius 2 is 2.35 bits per heavy atom. The van der Waals surface area contributed by atoms with Gasteiger partial charge in [0.15, 0.2) is 0 Å². The minimum atomic E-state index is -0.919. The van der Waals surface area contributed by atoms with Crippen LogP contribution in [0.4, 0.5) is 0 Å². The van der Waals surface area contributed by atoms with E-state index in [-0.39, 0.29) is 5.56 Å². The second-order valence-electron chi connectivity index (χ2n) is 3.81. The molecular weight excluding hydrogens is 238 g/mol. The first-order valence-electron chi connectivity index (χ1n) is 5.60. The van der Waals surface area contributed by atoms with Gasteiger partial charge in [-0.3, -0.25) is 4.68 Å². The van der Waals surface area contributed by atoms with Crippen LogP contribution in [0.2, 0.25) is 0 Å². The van der Waals surface area contributed by atoms with Gasteiger partial charge in [0.05, 0.1) is 11.9 Å². The quantitative estimate of drug-likeness (QED) is 0.688. The summed E-state index contributed by atoms with van der Waals surface area (Å²) in [5, 5.41) is 16.2. The molecule has 0 aliphatic carbocycles. The summed E-state index contributed by atoms with van der Waals surface area (Å²) in [5.74, 6) is 0.255. The van der Waals surface area contributed by atoms with Crippen LogP contribution in [0.3, 0.4) is 0 Å². The summed E-state index contributed by atoms with van der Waals surface area (Å²) in [7, 11) is 1.76. The van der Waals surface area contributed by atoms with E-state index < -0.39 is 5.97 Å². The lowest BCUT2D eigenvalue weighted by Gasteiger charge is -2.06. The van der Waals surface area contributed by atoms with Crippen LogP contribution in [0.15, 0.2) is 6.20 Å². The number of aryl methyl sites for hydroxylation is 1. The molecule has 1 heterocycles. The minimum absolute atomic E-state index is 0.282. The first kappa shape index (κ1) is 14.1. The Hall–Kier alpha value is -1.01. The van der Waals surface area contributed by atoms with Crippen molar-refractivity contribution in [2.24, 2.45) is 7.05 Å². The normalized spacial score (nSPS) is 10.7. The highest BCUT2D eigenvalue weighted by molar-refractivity contribution is 7.98. The lowest BCUT2D eigenvalue weighted by Crippen LogP contribution is -2.19. The Labute approximate surface area is 106 Å². The molecule has 0 spiro atoms. The standard InChI is InChI=1S/C11H19N3O2S/c1-14-10(9(7-13-14)11(15)16)8-12-5-3-4-6-17-2/h7,12H,3-6,8H2,1-2H3,(H,15,16). The van der Waals surface area contributed by atoms with Gasteiger partial charge >= 0.3 is 5.97 Å². The van der Waals surface area contributed by atoms with Gasteiger partial charge in [-0.25, -0.2) is 4.79 Å². The number of carbonyl (C=O) groups is 1. The van der Waals surface area contributed by atoms with Gasteiger partial charge in [-0.05, 0) is 31.4 Å². The summed E-state index contributed by atoms with van der Waals surface area (Å²) >= 11 is 1.85. The molecule has 0 aliphatic rings. The average Bonchev–Trinajstić information content (AvgIpc) is 2.65. The van der Waals surface area contributed by atoms with Crippen LogP contribution in [-0.2, 0) is 13.6 Å². The van der Waals surface area contributed by atoms with Crippen LogP contribution >= 0.6 is 11.8 Å². The zero-order chi connectivity index (χ0) is 12.7. The summed E-state index contributed by atoms with van der Waals surface area (Å²) in [6, 6.07) is 0. The van der Waals surface area contributed by atoms with E-state index in [1.54, 1.807) is 11.7 Å². The molecule has 0 amide bonds. The number of hydrogen-bond donors (Lipinski definition) is 2. The van der Waals surface area contributed by atoms with E-state index in [0.717, 1.165) is 18.7 Å². The molecular formula is C11H19N3O2S. The van der Waals surface area contributed by atoms with Crippen LogP contribution < -0.4 is 5.32 Å². The highest BCUT2D eigenvalue weighted by Gasteiger charge is 2.13. The third kappa shape index (κ3) is 4.40. The molecule has 0 aromatic carbocycles. The molecule has 0 atom stereocenters. The number of nitrogens with zero attached hydrogens (tertiary/aromatic N) is 2. The second-order valence-corrected chi connectivity index (χ2v) is 4.80. The van der Waals surface area contributed by atoms with Crippen LogP contribution in [0.25, 0.3) is 0 Å². The molecule has 6 heteroatoms. The number of rotatable bonds is 8. The van der Waals surface area contributed by atoms with Crippen molar-refractivity contribution >= 4 is 17.7 Å². The van der Waals surface area contributed by atoms with E-state index in [1.807, 2.05) is 11.8 Å². The number of hydrogen-bond acceptors (Lipinski definition) is 4. The summed E-state index contributed by atoms with van der Waals surface area (Å²) in [5.41, 5.74) is 1.01. The highest BCUT2D eigenvalue weighted by atomic mass is 32.2. The first-order valence-corrected chi connectivity index (χ1v) is 7.00. The minimum Gasteiger partial charge on any atom is -0.478 e. The van der Waals surface area contributed by atoms with Gasteiger partial charge in [0.25, 0.3) is 0 Å². The van der Waals surface area contributed by atoms with Crippen LogP contribution in [0.1, 0.15) is 28.9 Å². The second kappa shape index (κ2) is 7.34. The average molecular weight is 257 g/mol. The molecule has 1 aromatic heterocycles. The molecule has 0 aliphatic heterocycles. The fourth-order valence-corrected chi connectivity index (χ4v) is 2.05. The molecule has 0 radical (unpaired) electrons. The Balaban J connectivity index is 2.36. The van der Waals surface area contributed by atoms with Crippen molar-refractivity contribution in [3.63, 3.8) is 0 Å². The monoisotopic (exact) mass is 257 g/mol. The van der Waals surface area contributed by atoms with E-state index in [0.29, 0.717) is 6.54 Å². The number of aromatic nitrogens is 2. The highest BCUT2D eigenvalue weighted by Crippen LogP contribution is 2.07. The summed E-state index contributed by atoms with van der Waals surface area (Å²) in [6.45, 7) is 1.46. The van der Waals surface area contributed by atoms with Gasteiger partial charge in [-0.2, -0.15) is 16.9 Å². The van der Waals surface area contributed by atoms with Crippen molar-refractivity contribution in [3.8, 4) is 0 Å². The maximum absolute atomic E-state index is 10.9. The van der Waals surface area contributed by atoms with Crippen molar-refractivity contribution in [1.82, 2.24) is 15.1 Å². The molecule has 5 nitrogen and oxygen atoms in total. The lowest BCUT2D eigenvalue weighted by molar-refractivity contribution is 0.0695. The molecule has 0 bridgehead atoms. The molecule has 17 heavy (non-hydrogen) atoms. The van der Waals surface area contributed by atoms with Gasteiger partial charge < -0.3 is 10.4 Å². The Morgan fingerprint density at radius 1 is 1.59 bits per heavy atom. The van der Waals surface area contributed by atoms with Crippen molar-refractivity contribution in [2.75, 3.05) is 18.6 Å². The molecule has 0 saturated heterocycles. The van der Waals surface area contributed by atoms with E-state index in [1.165, 1.54) is 18.4 Å². The topological polar surface area (TPSA) is 67.2 Å². The maximum atomic E-state index is 10.9. The van der Waals surface area contributed by atoms with Crippen molar-refractivity contribution in [3.05, 3.63) is 17.5 Å². The molecule has 0 unspecified atom stereocenters. The van der Waals surface area contributed by atoms with E-state index in [2.05, 4.69) is 16.7 Å². The predicted molar refractivity (Wildman–Crippen MR) is 69.5 cm³/mol. The van der Waals surface area contributed by atoms with Gasteiger partial charge in [0.1, 0.15) is 5.56 Å². The molecule has 1 rings (SSSR count). The molecule has 0 fully saturated rings. The lowest BCUT2D eigenvalue weighted by atomic mass is 10.2. The zero-order valence-corrected chi connectivity index (χ0v) is 11.1. The SMILES string of the molecule is CSCCCCNCc1c(C(=O)O)cnn1C. The molecule has 96 valence electrons. The van der Waals surface area contributed by atoms with Crippen LogP contribution in [-0.4, -0.2) is 39.4 Å². The van der Waals surface area contributed by atoms with Crippen molar-refractivity contribution in [1.29, 1.82) is 0 Å². The zero-order valence-electron chi connectivity index (χ0n) is 10.3. The van der Waals surface area contributed by atoms with Crippen molar-refractivity contribution in [2.45, 2.75) is 19.4 Å². The van der Waals surface area contributed by atoms with E-state index in [9.17, 15) is 4.79 Å². The summed E-state index contributed by atoms with van der Waals surface area (Å²) in [6.07, 6.45) is 5.79. The first-order chi connectivity index (χ1) is 8.16. The largest absolute Gasteiger partial charge is 0.478 e. The fraction of sp³-hybridized carbons (Fsp3) is 0.636. The van der Waals surface area contributed by atoms with Gasteiger partial charge in [-0.1, -0.05) is 0 Å². The number of aromatic carboxylic acids is 1. The van der Waals surface area contributed by atoms with Crippen LogP contribution in [0, 0.1) is 0 Å². The number of thioether (sulfide) groups is 1. The predicted octanol–water partition coefficient (Wildman–Crippen LogP) is 1.35. The maximum Gasteiger partial charge on any atom is 0.339 e. The van der Waals surface area contributed by atoms with Gasteiger partial charge in [0, 0.05) is 13.6 Å². The number of carboxylic acids is 1. The Bertz CT molecular complexity index is 366. The van der Waals surface area contributed by atoms with E-state index >= 15 is 0 Å². The Kier molecular flexibility index (Phi) is 6.07. The Morgan fingerprint density at radius 3 is 3.00 bits per heavy atom. The number of carboxylic acid groups (broad SMARTS) is 1. The molecule has 1 aromatic rings. The third-order valence-electron chi connectivity index (χ3n) is 2.54.